The second-order valence-corrected chi connectivity index (χ2v) is 6.47. The zero-order chi connectivity index (χ0) is 19.6. The molecule has 27 heavy (non-hydrogen) atoms. The van der Waals surface area contributed by atoms with E-state index in [1.165, 1.54) is 20.3 Å². The molecule has 1 N–H and O–H groups in total. The Balaban J connectivity index is 2.02. The van der Waals surface area contributed by atoms with Gasteiger partial charge in [0.1, 0.15) is 5.57 Å². The number of halogens is 1. The minimum atomic E-state index is -0.799. The van der Waals surface area contributed by atoms with Crippen molar-refractivity contribution in [2.45, 2.75) is 0 Å². The highest BCUT2D eigenvalue weighted by Gasteiger charge is 2.36. The van der Waals surface area contributed by atoms with E-state index in [9.17, 15) is 14.4 Å². The van der Waals surface area contributed by atoms with E-state index >= 15 is 0 Å². The summed E-state index contributed by atoms with van der Waals surface area (Å²) < 4.78 is 11.1. The fourth-order valence-electron chi connectivity index (χ4n) is 2.62. The molecule has 7 nitrogen and oxygen atoms in total. The lowest BCUT2D eigenvalue weighted by Gasteiger charge is -2.26. The van der Waals surface area contributed by atoms with E-state index in [0.29, 0.717) is 27.2 Å². The van der Waals surface area contributed by atoms with Crippen LogP contribution in [0.2, 0.25) is 0 Å². The van der Waals surface area contributed by atoms with Gasteiger partial charge in [0.25, 0.3) is 11.8 Å². The molecule has 1 fully saturated rings. The van der Waals surface area contributed by atoms with Gasteiger partial charge in [0, 0.05) is 4.47 Å². The van der Waals surface area contributed by atoms with Crippen LogP contribution in [0.5, 0.6) is 11.5 Å². The molecule has 0 radical (unpaired) electrons. The quantitative estimate of drug-likeness (QED) is 0.594. The maximum Gasteiger partial charge on any atom is 0.335 e. The van der Waals surface area contributed by atoms with Gasteiger partial charge in [-0.25, -0.2) is 9.69 Å². The van der Waals surface area contributed by atoms with Crippen molar-refractivity contribution < 1.29 is 23.9 Å². The number of barbiturate groups is 1. The lowest BCUT2D eigenvalue weighted by Crippen LogP contribution is -2.54. The van der Waals surface area contributed by atoms with Gasteiger partial charge < -0.3 is 9.47 Å². The molecule has 0 unspecified atom stereocenters. The van der Waals surface area contributed by atoms with Crippen LogP contribution in [-0.2, 0) is 9.59 Å². The molecule has 0 aliphatic carbocycles. The van der Waals surface area contributed by atoms with Gasteiger partial charge in [-0.1, -0.05) is 28.1 Å². The summed E-state index contributed by atoms with van der Waals surface area (Å²) in [5, 5.41) is 2.19. The monoisotopic (exact) mass is 430 g/mol. The molecule has 2 aromatic carbocycles. The number of nitrogens with zero attached hydrogens (tertiary/aromatic N) is 1. The molecule has 1 aliphatic heterocycles. The van der Waals surface area contributed by atoms with Crippen LogP contribution >= 0.6 is 15.9 Å². The number of methoxy groups -OCH3 is 2. The van der Waals surface area contributed by atoms with Gasteiger partial charge in [0.2, 0.25) is 0 Å². The molecule has 1 heterocycles. The van der Waals surface area contributed by atoms with Crippen LogP contribution in [0.3, 0.4) is 0 Å². The molecule has 8 heteroatoms. The van der Waals surface area contributed by atoms with Crippen LogP contribution in [0.4, 0.5) is 10.5 Å². The number of urea groups is 1. The van der Waals surface area contributed by atoms with Crippen LogP contribution in [-0.4, -0.2) is 32.1 Å². The van der Waals surface area contributed by atoms with E-state index < -0.39 is 17.8 Å². The normalized spacial score (nSPS) is 15.7. The Kier molecular flexibility index (Phi) is 5.27. The van der Waals surface area contributed by atoms with E-state index in [2.05, 4.69) is 21.2 Å². The van der Waals surface area contributed by atoms with Crippen LogP contribution in [0.25, 0.3) is 6.08 Å². The predicted octanol–water partition coefficient (Wildman–Crippen LogP) is 3.13. The molecule has 1 saturated heterocycles. The molecule has 0 saturated carbocycles. The first-order valence-electron chi connectivity index (χ1n) is 7.83. The molecule has 0 bridgehead atoms. The number of rotatable bonds is 4. The highest BCUT2D eigenvalue weighted by molar-refractivity contribution is 9.10. The summed E-state index contributed by atoms with van der Waals surface area (Å²) in [5.41, 5.74) is 0.731. The average molecular weight is 431 g/mol. The number of benzene rings is 2. The Labute approximate surface area is 163 Å². The first-order valence-corrected chi connectivity index (χ1v) is 8.63. The summed E-state index contributed by atoms with van der Waals surface area (Å²) in [5.74, 6) is -0.497. The Morgan fingerprint density at radius 3 is 2.41 bits per heavy atom. The van der Waals surface area contributed by atoms with Crippen LogP contribution in [0.1, 0.15) is 5.56 Å². The average Bonchev–Trinajstić information content (AvgIpc) is 2.64. The summed E-state index contributed by atoms with van der Waals surface area (Å²) in [6.07, 6.45) is 1.40. The minimum Gasteiger partial charge on any atom is -0.493 e. The number of nitrogens with one attached hydrogen (secondary N) is 1. The number of hydrogen-bond donors (Lipinski definition) is 1. The molecule has 0 aromatic heterocycles. The van der Waals surface area contributed by atoms with E-state index in [1.807, 2.05) is 0 Å². The topological polar surface area (TPSA) is 84.9 Å². The lowest BCUT2D eigenvalue weighted by molar-refractivity contribution is -0.122. The van der Waals surface area contributed by atoms with Gasteiger partial charge in [-0.05, 0) is 42.0 Å². The van der Waals surface area contributed by atoms with E-state index in [4.69, 9.17) is 9.47 Å². The van der Waals surface area contributed by atoms with Crippen molar-refractivity contribution in [3.05, 3.63) is 58.1 Å². The SMILES string of the molecule is COc1ccc(C=C2C(=O)NC(=O)N(c3cccc(Br)c3)C2=O)cc1OC. The molecule has 2 aromatic rings. The van der Waals surface area contributed by atoms with Gasteiger partial charge in [0.15, 0.2) is 11.5 Å². The standard InChI is InChI=1S/C19H15BrN2O5/c1-26-15-7-6-11(9-16(15)27-2)8-14-17(23)21-19(25)22(18(14)24)13-5-3-4-12(20)10-13/h3-10H,1-2H3,(H,21,23,25). The maximum atomic E-state index is 12.8. The Morgan fingerprint density at radius 2 is 1.74 bits per heavy atom. The van der Waals surface area contributed by atoms with E-state index in [-0.39, 0.29) is 5.57 Å². The molecule has 0 atom stereocenters. The van der Waals surface area contributed by atoms with Crippen LogP contribution < -0.4 is 19.7 Å². The Bertz CT molecular complexity index is 970. The largest absolute Gasteiger partial charge is 0.493 e. The predicted molar refractivity (Wildman–Crippen MR) is 103 cm³/mol. The summed E-state index contributed by atoms with van der Waals surface area (Å²) >= 11 is 3.30. The molecule has 138 valence electrons. The third-order valence-electron chi connectivity index (χ3n) is 3.89. The fraction of sp³-hybridized carbons (Fsp3) is 0.105. The van der Waals surface area contributed by atoms with Crippen molar-refractivity contribution in [1.29, 1.82) is 0 Å². The fourth-order valence-corrected chi connectivity index (χ4v) is 3.00. The molecular weight excluding hydrogens is 416 g/mol. The van der Waals surface area contributed by atoms with Crippen molar-refractivity contribution in [3.63, 3.8) is 0 Å². The first-order chi connectivity index (χ1) is 12.9. The number of imide groups is 2. The van der Waals surface area contributed by atoms with E-state index in [1.54, 1.807) is 42.5 Å². The number of anilines is 1. The third-order valence-corrected chi connectivity index (χ3v) is 4.38. The van der Waals surface area contributed by atoms with Crippen molar-refractivity contribution in [2.75, 3.05) is 19.1 Å². The molecule has 1 aliphatic rings. The summed E-state index contributed by atoms with van der Waals surface area (Å²) in [6.45, 7) is 0. The van der Waals surface area contributed by atoms with Crippen molar-refractivity contribution in [3.8, 4) is 11.5 Å². The summed E-state index contributed by atoms with van der Waals surface area (Å²) in [6, 6.07) is 10.8. The number of hydrogen-bond acceptors (Lipinski definition) is 5. The van der Waals surface area contributed by atoms with Gasteiger partial charge >= 0.3 is 6.03 Å². The van der Waals surface area contributed by atoms with Crippen molar-refractivity contribution in [2.24, 2.45) is 0 Å². The van der Waals surface area contributed by atoms with Gasteiger partial charge in [0.05, 0.1) is 19.9 Å². The lowest BCUT2D eigenvalue weighted by atomic mass is 10.1. The Hall–Kier alpha value is -3.13. The van der Waals surface area contributed by atoms with E-state index in [0.717, 1.165) is 4.90 Å². The maximum absolute atomic E-state index is 12.8. The van der Waals surface area contributed by atoms with Gasteiger partial charge in [-0.2, -0.15) is 0 Å². The van der Waals surface area contributed by atoms with Crippen molar-refractivity contribution >= 4 is 45.5 Å². The van der Waals surface area contributed by atoms with Gasteiger partial charge in [-0.15, -0.1) is 0 Å². The molecule has 4 amide bonds. The summed E-state index contributed by atoms with van der Waals surface area (Å²) in [7, 11) is 3.00. The smallest absolute Gasteiger partial charge is 0.335 e. The first kappa shape index (κ1) is 18.7. The Morgan fingerprint density at radius 1 is 1.00 bits per heavy atom. The van der Waals surface area contributed by atoms with Gasteiger partial charge in [-0.3, -0.25) is 14.9 Å². The highest BCUT2D eigenvalue weighted by atomic mass is 79.9. The molecular formula is C19H15BrN2O5. The highest BCUT2D eigenvalue weighted by Crippen LogP contribution is 2.29. The second kappa shape index (κ2) is 7.63. The second-order valence-electron chi connectivity index (χ2n) is 5.55. The number of amides is 4. The molecule has 3 rings (SSSR count). The van der Waals surface area contributed by atoms with Crippen molar-refractivity contribution in [1.82, 2.24) is 5.32 Å². The third kappa shape index (κ3) is 3.70. The number of carbonyl (C=O) groups is 3. The zero-order valence-electron chi connectivity index (χ0n) is 14.5. The van der Waals surface area contributed by atoms with Crippen LogP contribution in [0, 0.1) is 0 Å². The number of carbonyl (C=O) groups excluding carboxylic acids is 3. The molecule has 0 spiro atoms. The number of ether oxygens (including phenoxy) is 2. The van der Waals surface area contributed by atoms with Crippen LogP contribution in [0.15, 0.2) is 52.5 Å². The summed E-state index contributed by atoms with van der Waals surface area (Å²) in [4.78, 5) is 38.2. The zero-order valence-corrected chi connectivity index (χ0v) is 16.1. The minimum absolute atomic E-state index is 0.165.